The third-order valence-electron chi connectivity index (χ3n) is 2.29. The Hall–Kier alpha value is -1.03. The van der Waals surface area contributed by atoms with Gasteiger partial charge in [-0.25, -0.2) is 4.39 Å². The summed E-state index contributed by atoms with van der Waals surface area (Å²) in [5, 5.41) is 8.67. The molecule has 0 fully saturated rings. The van der Waals surface area contributed by atoms with Gasteiger partial charge in [0.15, 0.2) is 0 Å². The first-order valence-corrected chi connectivity index (χ1v) is 5.30. The zero-order chi connectivity index (χ0) is 10.1. The van der Waals surface area contributed by atoms with Gasteiger partial charge in [-0.2, -0.15) is 0 Å². The Morgan fingerprint density at radius 1 is 1.64 bits per heavy atom. The molecule has 0 saturated carbocycles. The van der Waals surface area contributed by atoms with Crippen molar-refractivity contribution in [3.63, 3.8) is 0 Å². The lowest BCUT2D eigenvalue weighted by Gasteiger charge is -2.06. The van der Waals surface area contributed by atoms with Crippen LogP contribution in [0.5, 0.6) is 0 Å². The molecule has 4 heteroatoms. The molecule has 0 spiro atoms. The van der Waals surface area contributed by atoms with Gasteiger partial charge in [0.1, 0.15) is 5.82 Å². The molecule has 0 aromatic heterocycles. The first kappa shape index (κ1) is 9.52. The van der Waals surface area contributed by atoms with E-state index in [-0.39, 0.29) is 18.2 Å². The molecule has 1 aliphatic heterocycles. The van der Waals surface area contributed by atoms with Gasteiger partial charge in [0.05, 0.1) is 6.42 Å². The average molecular weight is 212 g/mol. The summed E-state index contributed by atoms with van der Waals surface area (Å²) >= 11 is 1.41. The van der Waals surface area contributed by atoms with Gasteiger partial charge in [0.25, 0.3) is 0 Å². The van der Waals surface area contributed by atoms with E-state index >= 15 is 0 Å². The number of carbonyl (C=O) groups is 1. The predicted molar refractivity (Wildman–Crippen MR) is 52.1 cm³/mol. The molecule has 0 aliphatic carbocycles. The number of hydrogen-bond acceptors (Lipinski definition) is 2. The highest BCUT2D eigenvalue weighted by Gasteiger charge is 2.27. The number of carboxylic acids is 1. The number of fused-ring (bicyclic) bond motifs is 1. The Bertz CT molecular complexity index is 378. The fraction of sp³-hybridized carbons (Fsp3) is 0.300. The lowest BCUT2D eigenvalue weighted by molar-refractivity contribution is -0.137. The monoisotopic (exact) mass is 212 g/mol. The Morgan fingerprint density at radius 3 is 3.14 bits per heavy atom. The standard InChI is InChI=1S/C10H9FO2S/c11-8-3-1-2-7-6(4-9(12)13)5-14-10(7)8/h1-3,6H,4-5H2,(H,12,13). The normalized spacial score (nSPS) is 19.4. The van der Waals surface area contributed by atoms with Crippen LogP contribution in [0.4, 0.5) is 4.39 Å². The molecule has 0 radical (unpaired) electrons. The lowest BCUT2D eigenvalue weighted by atomic mass is 9.98. The van der Waals surface area contributed by atoms with Crippen molar-refractivity contribution >= 4 is 17.7 Å². The third kappa shape index (κ3) is 1.62. The fourth-order valence-electron chi connectivity index (χ4n) is 1.65. The SMILES string of the molecule is O=C(O)CC1CSc2c(F)cccc21. The second kappa shape index (κ2) is 3.61. The summed E-state index contributed by atoms with van der Waals surface area (Å²) in [5.74, 6) is -0.431. The van der Waals surface area contributed by atoms with Crippen molar-refractivity contribution in [2.75, 3.05) is 5.75 Å². The highest BCUT2D eigenvalue weighted by atomic mass is 32.2. The largest absolute Gasteiger partial charge is 0.481 e. The van der Waals surface area contributed by atoms with Crippen LogP contribution >= 0.6 is 11.8 Å². The number of hydrogen-bond donors (Lipinski definition) is 1. The van der Waals surface area contributed by atoms with E-state index in [0.717, 1.165) is 5.56 Å². The van der Waals surface area contributed by atoms with Gasteiger partial charge in [0.2, 0.25) is 0 Å². The van der Waals surface area contributed by atoms with Gasteiger partial charge in [-0.05, 0) is 11.6 Å². The molecule has 2 nitrogen and oxygen atoms in total. The Balaban J connectivity index is 2.30. The molecule has 2 rings (SSSR count). The summed E-state index contributed by atoms with van der Waals surface area (Å²) in [6.07, 6.45) is 0.0868. The van der Waals surface area contributed by atoms with Crippen LogP contribution in [0.1, 0.15) is 17.9 Å². The van der Waals surface area contributed by atoms with Crippen LogP contribution in [-0.2, 0) is 4.79 Å². The topological polar surface area (TPSA) is 37.3 Å². The smallest absolute Gasteiger partial charge is 0.303 e. The van der Waals surface area contributed by atoms with Crippen molar-refractivity contribution in [1.82, 2.24) is 0 Å². The van der Waals surface area contributed by atoms with E-state index in [4.69, 9.17) is 5.11 Å². The van der Waals surface area contributed by atoms with Gasteiger partial charge < -0.3 is 5.11 Å². The van der Waals surface area contributed by atoms with Crippen LogP contribution in [0.15, 0.2) is 23.1 Å². The van der Waals surface area contributed by atoms with Gasteiger partial charge in [0, 0.05) is 16.6 Å². The minimum atomic E-state index is -0.826. The van der Waals surface area contributed by atoms with Crippen molar-refractivity contribution in [2.45, 2.75) is 17.2 Å². The van der Waals surface area contributed by atoms with Crippen molar-refractivity contribution in [3.8, 4) is 0 Å². The molecule has 74 valence electrons. The van der Waals surface area contributed by atoms with Crippen LogP contribution < -0.4 is 0 Å². The number of halogens is 1. The molecule has 1 aromatic carbocycles. The average Bonchev–Trinajstić information content (AvgIpc) is 2.49. The molecular weight excluding hydrogens is 203 g/mol. The maximum atomic E-state index is 13.2. The summed E-state index contributed by atoms with van der Waals surface area (Å²) in [6, 6.07) is 4.86. The zero-order valence-electron chi connectivity index (χ0n) is 7.37. The van der Waals surface area contributed by atoms with E-state index in [9.17, 15) is 9.18 Å². The van der Waals surface area contributed by atoms with Gasteiger partial charge in [-0.15, -0.1) is 11.8 Å². The van der Waals surface area contributed by atoms with E-state index in [1.807, 2.05) is 6.07 Å². The molecule has 0 saturated heterocycles. The molecule has 1 atom stereocenters. The van der Waals surface area contributed by atoms with E-state index in [0.29, 0.717) is 10.6 Å². The number of rotatable bonds is 2. The molecule has 0 amide bonds. The van der Waals surface area contributed by atoms with Gasteiger partial charge in [-0.3, -0.25) is 4.79 Å². The van der Waals surface area contributed by atoms with E-state index in [1.165, 1.54) is 17.8 Å². The second-order valence-corrected chi connectivity index (χ2v) is 4.29. The third-order valence-corrected chi connectivity index (χ3v) is 3.58. The quantitative estimate of drug-likeness (QED) is 0.818. The Kier molecular flexibility index (Phi) is 2.46. The predicted octanol–water partition coefficient (Wildman–Crippen LogP) is 2.49. The Labute approximate surface area is 85.1 Å². The van der Waals surface area contributed by atoms with Crippen molar-refractivity contribution in [1.29, 1.82) is 0 Å². The molecule has 1 aliphatic rings. The van der Waals surface area contributed by atoms with Crippen LogP contribution in [0, 0.1) is 5.82 Å². The first-order valence-electron chi connectivity index (χ1n) is 4.31. The maximum absolute atomic E-state index is 13.2. The highest BCUT2D eigenvalue weighted by Crippen LogP contribution is 2.42. The summed E-state index contributed by atoms with van der Waals surface area (Å²) < 4.78 is 13.2. The zero-order valence-corrected chi connectivity index (χ0v) is 8.18. The van der Waals surface area contributed by atoms with Crippen LogP contribution in [0.2, 0.25) is 0 Å². The maximum Gasteiger partial charge on any atom is 0.303 e. The molecule has 1 N–H and O–H groups in total. The summed E-state index contributed by atoms with van der Waals surface area (Å²) in [5.41, 5.74) is 0.845. The molecule has 1 heterocycles. The fourth-order valence-corrected chi connectivity index (χ4v) is 2.93. The molecular formula is C10H9FO2S. The van der Waals surface area contributed by atoms with Crippen LogP contribution in [-0.4, -0.2) is 16.8 Å². The summed E-state index contributed by atoms with van der Waals surface area (Å²) in [4.78, 5) is 11.2. The van der Waals surface area contributed by atoms with Crippen molar-refractivity contribution in [2.24, 2.45) is 0 Å². The van der Waals surface area contributed by atoms with E-state index in [2.05, 4.69) is 0 Å². The molecule has 0 bridgehead atoms. The molecule has 1 aromatic rings. The number of benzene rings is 1. The van der Waals surface area contributed by atoms with Gasteiger partial charge >= 0.3 is 5.97 Å². The number of aliphatic carboxylic acids is 1. The highest BCUT2D eigenvalue weighted by molar-refractivity contribution is 7.99. The minimum absolute atomic E-state index is 0.0387. The molecule has 1 unspecified atom stereocenters. The Morgan fingerprint density at radius 2 is 2.43 bits per heavy atom. The van der Waals surface area contributed by atoms with Crippen LogP contribution in [0.25, 0.3) is 0 Å². The minimum Gasteiger partial charge on any atom is -0.481 e. The number of carboxylic acid groups (broad SMARTS) is 1. The van der Waals surface area contributed by atoms with Crippen molar-refractivity contribution < 1.29 is 14.3 Å². The van der Waals surface area contributed by atoms with Crippen molar-refractivity contribution in [3.05, 3.63) is 29.6 Å². The van der Waals surface area contributed by atoms with Crippen LogP contribution in [0.3, 0.4) is 0 Å². The molecule has 14 heavy (non-hydrogen) atoms. The summed E-state index contributed by atoms with van der Waals surface area (Å²) in [6.45, 7) is 0. The number of thioether (sulfide) groups is 1. The summed E-state index contributed by atoms with van der Waals surface area (Å²) in [7, 11) is 0. The van der Waals surface area contributed by atoms with E-state index < -0.39 is 5.97 Å². The lowest BCUT2D eigenvalue weighted by Crippen LogP contribution is -2.05. The second-order valence-electron chi connectivity index (χ2n) is 3.26. The van der Waals surface area contributed by atoms with E-state index in [1.54, 1.807) is 6.07 Å². The first-order chi connectivity index (χ1) is 6.68. The van der Waals surface area contributed by atoms with Gasteiger partial charge in [-0.1, -0.05) is 12.1 Å².